The minimum absolute atomic E-state index is 0.206. The first kappa shape index (κ1) is 20.9. The van der Waals surface area contributed by atoms with E-state index in [4.69, 9.17) is 23.2 Å². The van der Waals surface area contributed by atoms with Gasteiger partial charge >= 0.3 is 0 Å². The summed E-state index contributed by atoms with van der Waals surface area (Å²) in [5, 5.41) is 1.96. The van der Waals surface area contributed by atoms with Gasteiger partial charge in [0.25, 0.3) is 0 Å². The molecule has 154 valence electrons. The van der Waals surface area contributed by atoms with Crippen LogP contribution in [0.4, 0.5) is 4.39 Å². The number of benzene rings is 2. The van der Waals surface area contributed by atoms with Crippen molar-refractivity contribution >= 4 is 45.1 Å². The molecule has 3 nitrogen and oxygen atoms in total. The van der Waals surface area contributed by atoms with Crippen LogP contribution in [-0.2, 0) is 17.5 Å². The third-order valence-electron chi connectivity index (χ3n) is 5.83. The molecule has 2 aromatic carbocycles. The molecule has 1 aliphatic heterocycles. The van der Waals surface area contributed by atoms with E-state index in [0.29, 0.717) is 33.9 Å². The molecule has 0 amide bonds. The van der Waals surface area contributed by atoms with Crippen LogP contribution in [-0.4, -0.2) is 26.2 Å². The molecule has 3 aromatic rings. The quantitative estimate of drug-likeness (QED) is 0.454. The van der Waals surface area contributed by atoms with E-state index in [1.165, 1.54) is 17.3 Å². The summed E-state index contributed by atoms with van der Waals surface area (Å²) in [7, 11) is -1.32. The van der Waals surface area contributed by atoms with Gasteiger partial charge in [-0.1, -0.05) is 23.2 Å². The Kier molecular flexibility index (Phi) is 6.03. The van der Waals surface area contributed by atoms with Crippen LogP contribution in [0, 0.1) is 12.7 Å². The second kappa shape index (κ2) is 8.38. The van der Waals surface area contributed by atoms with E-state index >= 15 is 0 Å². The molecule has 1 fully saturated rings. The molecule has 1 unspecified atom stereocenters. The Hall–Kier alpha value is -1.40. The molecule has 29 heavy (non-hydrogen) atoms. The first-order chi connectivity index (χ1) is 13.9. The Balaban J connectivity index is 1.58. The van der Waals surface area contributed by atoms with Crippen LogP contribution < -0.4 is 0 Å². The molecule has 1 aromatic heterocycles. The largest absolute Gasteiger partial charge is 0.345 e. The summed E-state index contributed by atoms with van der Waals surface area (Å²) in [4.78, 5) is 0.593. The van der Waals surface area contributed by atoms with Crippen molar-refractivity contribution in [1.29, 1.82) is 0 Å². The van der Waals surface area contributed by atoms with Crippen molar-refractivity contribution in [3.63, 3.8) is 0 Å². The molecule has 1 atom stereocenters. The van der Waals surface area contributed by atoms with Gasteiger partial charge in [-0.15, -0.1) is 0 Å². The molecule has 2 heterocycles. The molecule has 0 radical (unpaired) electrons. The number of fused-ring (bicyclic) bond motifs is 1. The van der Waals surface area contributed by atoms with Crippen molar-refractivity contribution < 1.29 is 8.60 Å². The number of aryl methyl sites for hydroxylation is 1. The number of aromatic nitrogens is 1. The maximum Gasteiger partial charge on any atom is 0.129 e. The van der Waals surface area contributed by atoms with E-state index in [0.717, 1.165) is 30.3 Å². The summed E-state index contributed by atoms with van der Waals surface area (Å²) in [6.45, 7) is 6.48. The van der Waals surface area contributed by atoms with Gasteiger partial charge in [0.1, 0.15) is 16.8 Å². The van der Waals surface area contributed by atoms with Gasteiger partial charge in [-0.3, -0.25) is 0 Å². The first-order valence-corrected chi connectivity index (χ1v) is 11.7. The Morgan fingerprint density at radius 1 is 1.14 bits per heavy atom. The fraction of sp³-hybridized carbons (Fsp3) is 0.364. The van der Waals surface area contributed by atoms with Crippen LogP contribution in [0.5, 0.6) is 0 Å². The third kappa shape index (κ3) is 3.86. The van der Waals surface area contributed by atoms with Gasteiger partial charge < -0.3 is 4.57 Å². The highest BCUT2D eigenvalue weighted by atomic mass is 35.5. The molecular weight excluding hydrogens is 430 g/mol. The summed E-state index contributed by atoms with van der Waals surface area (Å²) in [5.41, 5.74) is 3.52. The third-order valence-corrected chi connectivity index (χ3v) is 8.06. The van der Waals surface area contributed by atoms with Crippen LogP contribution >= 0.6 is 23.2 Å². The summed E-state index contributed by atoms with van der Waals surface area (Å²) in [5.74, 6) is 0.115. The lowest BCUT2D eigenvalue weighted by Gasteiger charge is -2.31. The van der Waals surface area contributed by atoms with Crippen LogP contribution in [0.15, 0.2) is 41.3 Å². The Bertz CT molecular complexity index is 1090. The highest BCUT2D eigenvalue weighted by molar-refractivity contribution is 7.82. The van der Waals surface area contributed by atoms with Crippen LogP contribution in [0.3, 0.4) is 0 Å². The second-order valence-corrected chi connectivity index (χ2v) is 9.73. The topological polar surface area (TPSA) is 25.2 Å². The number of halogens is 3. The smallest absolute Gasteiger partial charge is 0.129 e. The van der Waals surface area contributed by atoms with Gasteiger partial charge in [0.2, 0.25) is 0 Å². The van der Waals surface area contributed by atoms with E-state index in [-0.39, 0.29) is 5.82 Å². The standard InChI is InChI=1S/C22H23Cl2FN2OS/c1-3-27-14(2)22(18-13-17(25)5-6-20(18)27)15-8-10-26(11-9-15)29(28)21-7-4-16(23)12-19(21)24/h4-7,12-13,15H,3,8-11H2,1-2H3. The minimum Gasteiger partial charge on any atom is -0.345 e. The summed E-state index contributed by atoms with van der Waals surface area (Å²) >= 11 is 12.2. The lowest BCUT2D eigenvalue weighted by molar-refractivity contribution is 0.334. The first-order valence-electron chi connectivity index (χ1n) is 9.80. The van der Waals surface area contributed by atoms with Crippen molar-refractivity contribution in [2.45, 2.75) is 44.0 Å². The normalized spacial score (nSPS) is 17.1. The molecule has 1 aliphatic rings. The average molecular weight is 453 g/mol. The maximum absolute atomic E-state index is 14.0. The lowest BCUT2D eigenvalue weighted by atomic mass is 9.88. The van der Waals surface area contributed by atoms with E-state index in [1.54, 1.807) is 24.3 Å². The van der Waals surface area contributed by atoms with E-state index < -0.39 is 11.0 Å². The average Bonchev–Trinajstić information content (AvgIpc) is 2.98. The van der Waals surface area contributed by atoms with E-state index in [2.05, 4.69) is 18.4 Å². The zero-order chi connectivity index (χ0) is 20.7. The molecule has 0 spiro atoms. The van der Waals surface area contributed by atoms with E-state index in [1.807, 2.05) is 10.4 Å². The molecule has 4 rings (SSSR count). The summed E-state index contributed by atoms with van der Waals surface area (Å²) < 4.78 is 31.2. The second-order valence-electron chi connectivity index (χ2n) is 7.43. The fourth-order valence-electron chi connectivity index (χ4n) is 4.47. The molecule has 7 heteroatoms. The molecule has 1 saturated heterocycles. The maximum atomic E-state index is 14.0. The summed E-state index contributed by atoms with van der Waals surface area (Å²) in [6.07, 6.45) is 1.74. The van der Waals surface area contributed by atoms with Gasteiger partial charge in [0.15, 0.2) is 0 Å². The Morgan fingerprint density at radius 3 is 2.52 bits per heavy atom. The minimum atomic E-state index is -1.32. The van der Waals surface area contributed by atoms with Gasteiger partial charge in [-0.2, -0.15) is 0 Å². The molecule has 0 aliphatic carbocycles. The monoisotopic (exact) mass is 452 g/mol. The predicted octanol–water partition coefficient (Wildman–Crippen LogP) is 6.32. The molecule has 0 saturated carbocycles. The fourth-order valence-corrected chi connectivity index (χ4v) is 6.31. The molecule has 0 bridgehead atoms. The van der Waals surface area contributed by atoms with Crippen LogP contribution in [0.1, 0.15) is 36.9 Å². The number of hydrogen-bond donors (Lipinski definition) is 0. The van der Waals surface area contributed by atoms with Crippen molar-refractivity contribution in [1.82, 2.24) is 8.87 Å². The Labute approximate surface area is 183 Å². The van der Waals surface area contributed by atoms with E-state index in [9.17, 15) is 8.60 Å². The molecular formula is C22H23Cl2FN2OS. The summed E-state index contributed by atoms with van der Waals surface area (Å²) in [6, 6.07) is 10.1. The van der Waals surface area contributed by atoms with Crippen LogP contribution in [0.2, 0.25) is 10.0 Å². The highest BCUT2D eigenvalue weighted by Crippen LogP contribution is 2.38. The van der Waals surface area contributed by atoms with Crippen molar-refractivity contribution in [3.05, 3.63) is 63.5 Å². The SMILES string of the molecule is CCn1c(C)c(C2CCN(S(=O)c3ccc(Cl)cc3Cl)CC2)c2cc(F)ccc21. The highest BCUT2D eigenvalue weighted by Gasteiger charge is 2.29. The number of rotatable bonds is 4. The molecule has 0 N–H and O–H groups in total. The van der Waals surface area contributed by atoms with Gasteiger partial charge in [0, 0.05) is 41.3 Å². The van der Waals surface area contributed by atoms with Gasteiger partial charge in [0.05, 0.1) is 9.92 Å². The number of piperidine rings is 1. The number of hydrogen-bond acceptors (Lipinski definition) is 1. The van der Waals surface area contributed by atoms with Crippen molar-refractivity contribution in [2.24, 2.45) is 0 Å². The van der Waals surface area contributed by atoms with Gasteiger partial charge in [-0.25, -0.2) is 12.9 Å². The zero-order valence-electron chi connectivity index (χ0n) is 16.4. The number of nitrogens with zero attached hydrogens (tertiary/aromatic N) is 2. The zero-order valence-corrected chi connectivity index (χ0v) is 18.8. The lowest BCUT2D eigenvalue weighted by Crippen LogP contribution is -2.34. The van der Waals surface area contributed by atoms with Crippen molar-refractivity contribution in [2.75, 3.05) is 13.1 Å². The predicted molar refractivity (Wildman–Crippen MR) is 119 cm³/mol. The van der Waals surface area contributed by atoms with Crippen LogP contribution in [0.25, 0.3) is 10.9 Å². The van der Waals surface area contributed by atoms with Gasteiger partial charge in [-0.05, 0) is 74.6 Å². The van der Waals surface area contributed by atoms with Crippen molar-refractivity contribution in [3.8, 4) is 0 Å². The Morgan fingerprint density at radius 2 is 1.86 bits per heavy atom.